The summed E-state index contributed by atoms with van der Waals surface area (Å²) in [6.45, 7) is 4.07. The van der Waals surface area contributed by atoms with E-state index in [1.807, 2.05) is 13.0 Å². The van der Waals surface area contributed by atoms with E-state index < -0.39 is 0 Å². The molecule has 0 aliphatic heterocycles. The molecule has 1 aliphatic carbocycles. The molecule has 0 saturated heterocycles. The van der Waals surface area contributed by atoms with Crippen molar-refractivity contribution < 1.29 is 9.47 Å². The number of benzene rings is 1. The molecular formula is C13H19NO2. The van der Waals surface area contributed by atoms with Gasteiger partial charge in [0.2, 0.25) is 0 Å². The molecule has 0 unspecified atom stereocenters. The summed E-state index contributed by atoms with van der Waals surface area (Å²) in [6, 6.07) is 2.04. The third kappa shape index (κ3) is 1.55. The van der Waals surface area contributed by atoms with Crippen LogP contribution in [0.25, 0.3) is 0 Å². The SMILES string of the molecule is COc1cc(C)c(C2(N)CC2)c(OC)c1C. The van der Waals surface area contributed by atoms with Gasteiger partial charge in [0.25, 0.3) is 0 Å². The van der Waals surface area contributed by atoms with Crippen molar-refractivity contribution in [3.05, 3.63) is 22.8 Å². The standard InChI is InChI=1S/C13H19NO2/c1-8-7-10(15-3)9(2)12(16-4)11(8)13(14)5-6-13/h7H,5-6,14H2,1-4H3. The minimum Gasteiger partial charge on any atom is -0.496 e. The van der Waals surface area contributed by atoms with Gasteiger partial charge in [-0.15, -0.1) is 0 Å². The Morgan fingerprint density at radius 3 is 2.25 bits per heavy atom. The van der Waals surface area contributed by atoms with Crippen LogP contribution in [0.1, 0.15) is 29.5 Å². The van der Waals surface area contributed by atoms with Gasteiger partial charge in [-0.05, 0) is 38.3 Å². The molecule has 1 saturated carbocycles. The van der Waals surface area contributed by atoms with E-state index in [1.165, 1.54) is 0 Å². The van der Waals surface area contributed by atoms with E-state index in [2.05, 4.69) is 6.92 Å². The molecule has 0 amide bonds. The molecule has 2 N–H and O–H groups in total. The quantitative estimate of drug-likeness (QED) is 0.851. The fourth-order valence-electron chi connectivity index (χ4n) is 2.33. The van der Waals surface area contributed by atoms with Crippen LogP contribution in [0.2, 0.25) is 0 Å². The molecule has 3 nitrogen and oxygen atoms in total. The molecule has 0 atom stereocenters. The predicted octanol–water partition coefficient (Wildman–Crippen LogP) is 2.27. The zero-order chi connectivity index (χ0) is 11.9. The highest BCUT2D eigenvalue weighted by Crippen LogP contribution is 2.50. The second kappa shape index (κ2) is 3.67. The van der Waals surface area contributed by atoms with Crippen LogP contribution in [0, 0.1) is 13.8 Å². The molecule has 16 heavy (non-hydrogen) atoms. The fourth-order valence-corrected chi connectivity index (χ4v) is 2.33. The van der Waals surface area contributed by atoms with Crippen LogP contribution in [0.15, 0.2) is 6.07 Å². The summed E-state index contributed by atoms with van der Waals surface area (Å²) in [5.41, 5.74) is 9.44. The molecule has 2 rings (SSSR count). The number of methoxy groups -OCH3 is 2. The van der Waals surface area contributed by atoms with E-state index >= 15 is 0 Å². The number of hydrogen-bond acceptors (Lipinski definition) is 3. The molecule has 1 fully saturated rings. The van der Waals surface area contributed by atoms with Crippen molar-refractivity contribution in [3.63, 3.8) is 0 Å². The lowest BCUT2D eigenvalue weighted by molar-refractivity contribution is 0.381. The van der Waals surface area contributed by atoms with Crippen molar-refractivity contribution in [1.29, 1.82) is 0 Å². The average molecular weight is 221 g/mol. The van der Waals surface area contributed by atoms with Crippen LogP contribution in [0.4, 0.5) is 0 Å². The molecule has 1 aromatic rings. The molecular weight excluding hydrogens is 202 g/mol. The van der Waals surface area contributed by atoms with E-state index in [0.29, 0.717) is 0 Å². The first-order valence-corrected chi connectivity index (χ1v) is 5.55. The Bertz CT molecular complexity index is 422. The summed E-state index contributed by atoms with van der Waals surface area (Å²) in [6.07, 6.45) is 2.08. The van der Waals surface area contributed by atoms with Crippen molar-refractivity contribution in [2.75, 3.05) is 14.2 Å². The number of hydrogen-bond donors (Lipinski definition) is 1. The Balaban J connectivity index is 2.64. The van der Waals surface area contributed by atoms with E-state index in [-0.39, 0.29) is 5.54 Å². The van der Waals surface area contributed by atoms with Gasteiger partial charge in [-0.3, -0.25) is 0 Å². The van der Waals surface area contributed by atoms with Gasteiger partial charge in [0.15, 0.2) is 0 Å². The Morgan fingerprint density at radius 2 is 1.81 bits per heavy atom. The molecule has 88 valence electrons. The highest BCUT2D eigenvalue weighted by molar-refractivity contribution is 5.57. The zero-order valence-corrected chi connectivity index (χ0v) is 10.4. The largest absolute Gasteiger partial charge is 0.496 e. The summed E-state index contributed by atoms with van der Waals surface area (Å²) in [7, 11) is 3.37. The first kappa shape index (κ1) is 11.3. The van der Waals surface area contributed by atoms with Crippen LogP contribution in [-0.2, 0) is 5.54 Å². The Morgan fingerprint density at radius 1 is 1.19 bits per heavy atom. The Hall–Kier alpha value is -1.22. The summed E-state index contributed by atoms with van der Waals surface area (Å²) in [5.74, 6) is 1.75. The summed E-state index contributed by atoms with van der Waals surface area (Å²) in [5, 5.41) is 0. The molecule has 1 aromatic carbocycles. The maximum Gasteiger partial charge on any atom is 0.130 e. The molecule has 0 bridgehead atoms. The van der Waals surface area contributed by atoms with Gasteiger partial charge in [0.05, 0.1) is 14.2 Å². The summed E-state index contributed by atoms with van der Waals surface area (Å²) < 4.78 is 10.8. The normalized spacial score (nSPS) is 17.1. The van der Waals surface area contributed by atoms with E-state index in [9.17, 15) is 0 Å². The second-order valence-electron chi connectivity index (χ2n) is 4.59. The van der Waals surface area contributed by atoms with Crippen molar-refractivity contribution in [2.24, 2.45) is 5.73 Å². The van der Waals surface area contributed by atoms with Gasteiger partial charge in [0, 0.05) is 16.7 Å². The van der Waals surface area contributed by atoms with E-state index in [0.717, 1.165) is 41.0 Å². The number of ether oxygens (including phenoxy) is 2. The average Bonchev–Trinajstić information content (AvgIpc) is 2.99. The first-order valence-electron chi connectivity index (χ1n) is 5.55. The Kier molecular flexibility index (Phi) is 2.58. The van der Waals surface area contributed by atoms with Gasteiger partial charge in [-0.2, -0.15) is 0 Å². The van der Waals surface area contributed by atoms with Gasteiger partial charge in [-0.25, -0.2) is 0 Å². The number of nitrogens with two attached hydrogens (primary N) is 1. The van der Waals surface area contributed by atoms with Gasteiger partial charge >= 0.3 is 0 Å². The smallest absolute Gasteiger partial charge is 0.130 e. The second-order valence-corrected chi connectivity index (χ2v) is 4.59. The highest BCUT2D eigenvalue weighted by atomic mass is 16.5. The molecule has 0 heterocycles. The molecule has 1 aliphatic rings. The lowest BCUT2D eigenvalue weighted by Crippen LogP contribution is -2.21. The molecule has 0 spiro atoms. The predicted molar refractivity (Wildman–Crippen MR) is 64.1 cm³/mol. The minimum absolute atomic E-state index is 0.174. The van der Waals surface area contributed by atoms with Crippen LogP contribution in [0.3, 0.4) is 0 Å². The van der Waals surface area contributed by atoms with Crippen molar-refractivity contribution in [3.8, 4) is 11.5 Å². The van der Waals surface area contributed by atoms with Crippen molar-refractivity contribution in [1.82, 2.24) is 0 Å². The monoisotopic (exact) mass is 221 g/mol. The van der Waals surface area contributed by atoms with Crippen LogP contribution in [0.5, 0.6) is 11.5 Å². The fraction of sp³-hybridized carbons (Fsp3) is 0.538. The third-order valence-electron chi connectivity index (χ3n) is 3.39. The number of aryl methyl sites for hydroxylation is 1. The van der Waals surface area contributed by atoms with Gasteiger partial charge < -0.3 is 15.2 Å². The highest BCUT2D eigenvalue weighted by Gasteiger charge is 2.44. The van der Waals surface area contributed by atoms with Crippen molar-refractivity contribution >= 4 is 0 Å². The van der Waals surface area contributed by atoms with Crippen LogP contribution >= 0.6 is 0 Å². The zero-order valence-electron chi connectivity index (χ0n) is 10.4. The lowest BCUT2D eigenvalue weighted by Gasteiger charge is -2.21. The van der Waals surface area contributed by atoms with E-state index in [1.54, 1.807) is 14.2 Å². The lowest BCUT2D eigenvalue weighted by atomic mass is 9.95. The molecule has 0 radical (unpaired) electrons. The molecule has 0 aromatic heterocycles. The maximum absolute atomic E-state index is 6.28. The van der Waals surface area contributed by atoms with Crippen LogP contribution < -0.4 is 15.2 Å². The minimum atomic E-state index is -0.174. The third-order valence-corrected chi connectivity index (χ3v) is 3.39. The maximum atomic E-state index is 6.28. The van der Waals surface area contributed by atoms with Gasteiger partial charge in [0.1, 0.15) is 11.5 Å². The van der Waals surface area contributed by atoms with Crippen LogP contribution in [-0.4, -0.2) is 14.2 Å². The summed E-state index contributed by atoms with van der Waals surface area (Å²) >= 11 is 0. The molecule has 3 heteroatoms. The Labute approximate surface area is 96.5 Å². The topological polar surface area (TPSA) is 44.5 Å². The van der Waals surface area contributed by atoms with Gasteiger partial charge in [-0.1, -0.05) is 0 Å². The van der Waals surface area contributed by atoms with Crippen molar-refractivity contribution in [2.45, 2.75) is 32.2 Å². The summed E-state index contributed by atoms with van der Waals surface area (Å²) in [4.78, 5) is 0. The van der Waals surface area contributed by atoms with E-state index in [4.69, 9.17) is 15.2 Å². The first-order chi connectivity index (χ1) is 7.53. The number of rotatable bonds is 3.